The van der Waals surface area contributed by atoms with E-state index in [1.807, 2.05) is 0 Å². The lowest BCUT2D eigenvalue weighted by Gasteiger charge is -2.14. The Morgan fingerprint density at radius 2 is 1.84 bits per heavy atom. The van der Waals surface area contributed by atoms with Crippen molar-refractivity contribution in [1.29, 1.82) is 0 Å². The van der Waals surface area contributed by atoms with Crippen LogP contribution in [0.25, 0.3) is 11.1 Å². The summed E-state index contributed by atoms with van der Waals surface area (Å²) in [5, 5.41) is 8.70. The maximum atomic E-state index is 13.0. The van der Waals surface area contributed by atoms with Gasteiger partial charge in [-0.2, -0.15) is 13.2 Å². The maximum Gasteiger partial charge on any atom is 0.416 e. The first kappa shape index (κ1) is 18.3. The topological polar surface area (TPSA) is 72.8 Å². The average molecular weight is 354 g/mol. The van der Waals surface area contributed by atoms with Gasteiger partial charge in [-0.3, -0.25) is 0 Å². The predicted octanol–water partition coefficient (Wildman–Crippen LogP) is 3.62. The molecule has 0 aliphatic heterocycles. The predicted molar refractivity (Wildman–Crippen MR) is 81.4 cm³/mol. The van der Waals surface area contributed by atoms with Gasteiger partial charge in [-0.05, 0) is 35.9 Å². The molecule has 0 atom stereocenters. The molecule has 132 valence electrons. The Morgan fingerprint density at radius 1 is 1.12 bits per heavy atom. The van der Waals surface area contributed by atoms with Gasteiger partial charge in [0.2, 0.25) is 0 Å². The van der Waals surface area contributed by atoms with Gasteiger partial charge < -0.3 is 14.6 Å². The summed E-state index contributed by atoms with van der Waals surface area (Å²) in [4.78, 5) is 22.3. The molecular formula is C17H13F3O5. The van der Waals surface area contributed by atoms with Crippen molar-refractivity contribution in [3.63, 3.8) is 0 Å². The molecular weight excluding hydrogens is 341 g/mol. The SMILES string of the molecule is COC(=O)c1cccc(-c2cc(C(F)(F)F)ccc2OCC(=O)O)c1. The average Bonchev–Trinajstić information content (AvgIpc) is 2.58. The molecule has 5 nitrogen and oxygen atoms in total. The second-order valence-corrected chi connectivity index (χ2v) is 4.96. The fraction of sp³-hybridized carbons (Fsp3) is 0.176. The number of hydrogen-bond acceptors (Lipinski definition) is 4. The maximum absolute atomic E-state index is 13.0. The standard InChI is InChI=1S/C17H13F3O5/c1-24-16(23)11-4-2-3-10(7-11)13-8-12(17(18,19)20)5-6-14(13)25-9-15(21)22/h2-8H,9H2,1H3,(H,21,22). The van der Waals surface area contributed by atoms with Gasteiger partial charge in [0, 0.05) is 5.56 Å². The summed E-state index contributed by atoms with van der Waals surface area (Å²) < 4.78 is 48.6. The molecule has 2 aromatic carbocycles. The van der Waals surface area contributed by atoms with Crippen molar-refractivity contribution in [3.05, 3.63) is 53.6 Å². The molecule has 0 heterocycles. The zero-order chi connectivity index (χ0) is 18.6. The molecule has 1 N–H and O–H groups in total. The van der Waals surface area contributed by atoms with Crippen LogP contribution in [0.1, 0.15) is 15.9 Å². The van der Waals surface area contributed by atoms with E-state index < -0.39 is 30.3 Å². The van der Waals surface area contributed by atoms with Crippen molar-refractivity contribution < 1.29 is 37.3 Å². The second kappa shape index (κ2) is 7.25. The summed E-state index contributed by atoms with van der Waals surface area (Å²) in [6.07, 6.45) is -4.58. The molecule has 0 aliphatic rings. The van der Waals surface area contributed by atoms with Crippen molar-refractivity contribution in [2.24, 2.45) is 0 Å². The summed E-state index contributed by atoms with van der Waals surface area (Å²) in [5.74, 6) is -1.96. The molecule has 0 aromatic heterocycles. The molecule has 2 rings (SSSR count). The number of halogens is 3. The lowest BCUT2D eigenvalue weighted by atomic mass is 9.99. The third-order valence-electron chi connectivity index (χ3n) is 3.25. The molecule has 0 fully saturated rings. The molecule has 0 unspecified atom stereocenters. The number of ether oxygens (including phenoxy) is 2. The van der Waals surface area contributed by atoms with Gasteiger partial charge in [-0.1, -0.05) is 12.1 Å². The van der Waals surface area contributed by atoms with Gasteiger partial charge in [0.25, 0.3) is 0 Å². The molecule has 0 saturated heterocycles. The van der Waals surface area contributed by atoms with Crippen LogP contribution in [0.2, 0.25) is 0 Å². The summed E-state index contributed by atoms with van der Waals surface area (Å²) in [6, 6.07) is 8.43. The van der Waals surface area contributed by atoms with E-state index >= 15 is 0 Å². The third-order valence-corrected chi connectivity index (χ3v) is 3.25. The minimum absolute atomic E-state index is 0.0156. The van der Waals surface area contributed by atoms with Gasteiger partial charge in [-0.15, -0.1) is 0 Å². The van der Waals surface area contributed by atoms with Crippen LogP contribution in [0.15, 0.2) is 42.5 Å². The van der Waals surface area contributed by atoms with Crippen LogP contribution in [-0.2, 0) is 15.7 Å². The van der Waals surface area contributed by atoms with Gasteiger partial charge in [0.15, 0.2) is 6.61 Å². The first-order valence-electron chi connectivity index (χ1n) is 6.97. The van der Waals surface area contributed by atoms with E-state index in [9.17, 15) is 22.8 Å². The first-order valence-corrected chi connectivity index (χ1v) is 6.97. The molecule has 0 bridgehead atoms. The van der Waals surface area contributed by atoms with Gasteiger partial charge in [0.1, 0.15) is 5.75 Å². The lowest BCUT2D eigenvalue weighted by molar-refractivity contribution is -0.140. The van der Waals surface area contributed by atoms with E-state index in [1.165, 1.54) is 31.4 Å². The zero-order valence-electron chi connectivity index (χ0n) is 13.0. The Morgan fingerprint density at radius 3 is 2.44 bits per heavy atom. The Kier molecular flexibility index (Phi) is 5.31. The van der Waals surface area contributed by atoms with Crippen molar-refractivity contribution in [2.45, 2.75) is 6.18 Å². The normalized spacial score (nSPS) is 11.0. The van der Waals surface area contributed by atoms with Crippen LogP contribution < -0.4 is 4.74 Å². The third kappa shape index (κ3) is 4.50. The fourth-order valence-electron chi connectivity index (χ4n) is 2.13. The summed E-state index contributed by atoms with van der Waals surface area (Å²) in [5.41, 5.74) is -0.508. The lowest BCUT2D eigenvalue weighted by Crippen LogP contribution is -2.11. The molecule has 0 amide bonds. The Balaban J connectivity index is 2.55. The Bertz CT molecular complexity index is 799. The van der Waals surface area contributed by atoms with E-state index in [4.69, 9.17) is 9.84 Å². The van der Waals surface area contributed by atoms with Crippen molar-refractivity contribution >= 4 is 11.9 Å². The zero-order valence-corrected chi connectivity index (χ0v) is 13.0. The van der Waals surface area contributed by atoms with E-state index in [0.717, 1.165) is 18.2 Å². The number of methoxy groups -OCH3 is 1. The van der Waals surface area contributed by atoms with Crippen molar-refractivity contribution in [2.75, 3.05) is 13.7 Å². The Labute approximate surface area is 140 Å². The molecule has 0 aliphatic carbocycles. The van der Waals surface area contributed by atoms with Crippen LogP contribution in [0.4, 0.5) is 13.2 Å². The molecule has 0 saturated carbocycles. The molecule has 0 radical (unpaired) electrons. The monoisotopic (exact) mass is 354 g/mol. The highest BCUT2D eigenvalue weighted by molar-refractivity contribution is 5.91. The number of aliphatic carboxylic acids is 1. The number of carboxylic acid groups (broad SMARTS) is 1. The number of rotatable bonds is 5. The van der Waals surface area contributed by atoms with E-state index in [-0.39, 0.29) is 22.4 Å². The van der Waals surface area contributed by atoms with Crippen molar-refractivity contribution in [1.82, 2.24) is 0 Å². The summed E-state index contributed by atoms with van der Waals surface area (Å²) in [6.45, 7) is -0.713. The molecule has 2 aromatic rings. The number of carbonyl (C=O) groups is 2. The smallest absolute Gasteiger partial charge is 0.416 e. The second-order valence-electron chi connectivity index (χ2n) is 4.96. The quantitative estimate of drug-likeness (QED) is 0.830. The van der Waals surface area contributed by atoms with Gasteiger partial charge >= 0.3 is 18.1 Å². The van der Waals surface area contributed by atoms with Crippen LogP contribution >= 0.6 is 0 Å². The van der Waals surface area contributed by atoms with Crippen LogP contribution in [0.3, 0.4) is 0 Å². The van der Waals surface area contributed by atoms with Crippen LogP contribution in [-0.4, -0.2) is 30.8 Å². The largest absolute Gasteiger partial charge is 0.481 e. The minimum atomic E-state index is -4.58. The number of carboxylic acids is 1. The summed E-state index contributed by atoms with van der Waals surface area (Å²) in [7, 11) is 1.18. The summed E-state index contributed by atoms with van der Waals surface area (Å²) >= 11 is 0. The number of hydrogen-bond donors (Lipinski definition) is 1. The van der Waals surface area contributed by atoms with Gasteiger partial charge in [-0.25, -0.2) is 9.59 Å². The number of esters is 1. The first-order chi connectivity index (χ1) is 11.7. The fourth-order valence-corrected chi connectivity index (χ4v) is 2.13. The van der Waals surface area contributed by atoms with E-state index in [1.54, 1.807) is 0 Å². The van der Waals surface area contributed by atoms with E-state index in [2.05, 4.69) is 4.74 Å². The molecule has 25 heavy (non-hydrogen) atoms. The van der Waals surface area contributed by atoms with E-state index in [0.29, 0.717) is 0 Å². The molecule has 8 heteroatoms. The minimum Gasteiger partial charge on any atom is -0.481 e. The molecule has 0 spiro atoms. The number of benzene rings is 2. The Hall–Kier alpha value is -3.03. The highest BCUT2D eigenvalue weighted by Gasteiger charge is 2.31. The van der Waals surface area contributed by atoms with Crippen molar-refractivity contribution in [3.8, 4) is 16.9 Å². The number of carbonyl (C=O) groups excluding carboxylic acids is 1. The highest BCUT2D eigenvalue weighted by Crippen LogP contribution is 2.37. The highest BCUT2D eigenvalue weighted by atomic mass is 19.4. The van der Waals surface area contributed by atoms with Crippen LogP contribution in [0.5, 0.6) is 5.75 Å². The van der Waals surface area contributed by atoms with Crippen LogP contribution in [0, 0.1) is 0 Å². The number of alkyl halides is 3. The van der Waals surface area contributed by atoms with Gasteiger partial charge in [0.05, 0.1) is 18.2 Å².